The zero-order valence-electron chi connectivity index (χ0n) is 22.7. The number of hydrogen-bond donors (Lipinski definition) is 10. The van der Waals surface area contributed by atoms with Gasteiger partial charge in [0.1, 0.15) is 35.9 Å². The molecule has 44 heavy (non-hydrogen) atoms. The van der Waals surface area contributed by atoms with Crippen LogP contribution < -0.4 is 5.43 Å². The van der Waals surface area contributed by atoms with Crippen LogP contribution in [0, 0.1) is 0 Å². The quantitative estimate of drug-likeness (QED) is 0.107. The van der Waals surface area contributed by atoms with Gasteiger partial charge in [0.15, 0.2) is 6.23 Å². The molecule has 0 radical (unpaired) electrons. The van der Waals surface area contributed by atoms with E-state index in [0.717, 1.165) is 0 Å². The summed E-state index contributed by atoms with van der Waals surface area (Å²) in [4.78, 5) is 31.2. The molecular formula is C29H28N4O11. The molecule has 4 heterocycles. The Morgan fingerprint density at radius 3 is 2.14 bits per heavy atom. The third-order valence-corrected chi connectivity index (χ3v) is 8.46. The van der Waals surface area contributed by atoms with Gasteiger partial charge < -0.3 is 55.1 Å². The molecule has 0 spiro atoms. The van der Waals surface area contributed by atoms with Gasteiger partial charge in [-0.3, -0.25) is 9.59 Å². The second-order valence-corrected chi connectivity index (χ2v) is 11.0. The lowest BCUT2D eigenvalue weighted by molar-refractivity contribution is -0.249. The van der Waals surface area contributed by atoms with Crippen LogP contribution in [-0.4, -0.2) is 118 Å². The van der Waals surface area contributed by atoms with Crippen molar-refractivity contribution in [1.29, 1.82) is 0 Å². The fourth-order valence-electron chi connectivity index (χ4n) is 6.41. The van der Waals surface area contributed by atoms with Gasteiger partial charge in [0.25, 0.3) is 11.8 Å². The lowest BCUT2D eigenvalue weighted by atomic mass is 9.96. The second-order valence-electron chi connectivity index (χ2n) is 11.0. The van der Waals surface area contributed by atoms with E-state index in [1.165, 1.54) is 34.9 Å². The van der Waals surface area contributed by atoms with Gasteiger partial charge >= 0.3 is 0 Å². The number of phenols is 2. The topological polar surface area (TPSA) is 241 Å². The van der Waals surface area contributed by atoms with Gasteiger partial charge in [-0.05, 0) is 24.3 Å². The summed E-state index contributed by atoms with van der Waals surface area (Å²) in [5.41, 5.74) is 3.60. The minimum Gasteiger partial charge on any atom is -0.508 e. The molecule has 15 nitrogen and oxygen atoms in total. The first-order valence-corrected chi connectivity index (χ1v) is 13.7. The van der Waals surface area contributed by atoms with Gasteiger partial charge in [-0.25, -0.2) is 10.4 Å². The molecule has 1 saturated heterocycles. The monoisotopic (exact) mass is 608 g/mol. The summed E-state index contributed by atoms with van der Waals surface area (Å²) in [6.45, 7) is -1.88. The number of aromatic amines is 1. The summed E-state index contributed by atoms with van der Waals surface area (Å²) in [5.74, 6) is -1.86. The first kappa shape index (κ1) is 28.5. The zero-order chi connectivity index (χ0) is 31.2. The number of nitrogens with one attached hydrogen (secondary N) is 2. The van der Waals surface area contributed by atoms with Gasteiger partial charge in [-0.2, -0.15) is 0 Å². The highest BCUT2D eigenvalue weighted by Crippen LogP contribution is 2.47. The molecule has 15 heteroatoms. The van der Waals surface area contributed by atoms with Crippen molar-refractivity contribution in [1.82, 2.24) is 20.0 Å². The molecule has 2 aliphatic heterocycles. The molecule has 0 saturated carbocycles. The van der Waals surface area contributed by atoms with E-state index in [9.17, 15) is 50.4 Å². The van der Waals surface area contributed by atoms with Crippen molar-refractivity contribution in [3.63, 3.8) is 0 Å². The van der Waals surface area contributed by atoms with Gasteiger partial charge in [0, 0.05) is 33.7 Å². The maximum absolute atomic E-state index is 14.1. The number of aliphatic hydroxyl groups is 6. The van der Waals surface area contributed by atoms with E-state index in [1.807, 2.05) is 0 Å². The van der Waals surface area contributed by atoms with Crippen LogP contribution in [0.1, 0.15) is 26.9 Å². The number of fused-ring (bicyclic) bond motifs is 10. The summed E-state index contributed by atoms with van der Waals surface area (Å²) in [7, 11) is 0. The Balaban J connectivity index is 1.65. The van der Waals surface area contributed by atoms with Crippen LogP contribution >= 0.6 is 0 Å². The van der Waals surface area contributed by atoms with Crippen molar-refractivity contribution in [2.75, 3.05) is 19.8 Å². The SMILES string of the molecule is O=C1c2c(c3c4ccc(O)cc4n([C@@H]4O[C@H](CO)[C@@H](O)[C@@H](O)[C@H]4O)c3c3[nH]c4cc(O)ccc4c23)C(=O)N1NC(CO)CO. The maximum Gasteiger partial charge on any atom is 0.276 e. The second kappa shape index (κ2) is 10.1. The van der Waals surface area contributed by atoms with Crippen LogP contribution in [0.3, 0.4) is 0 Å². The van der Waals surface area contributed by atoms with Crippen LogP contribution in [-0.2, 0) is 4.74 Å². The summed E-state index contributed by atoms with van der Waals surface area (Å²) < 4.78 is 7.35. The summed E-state index contributed by atoms with van der Waals surface area (Å²) in [6.07, 6.45) is -7.92. The molecule has 5 aromatic rings. The zero-order valence-corrected chi connectivity index (χ0v) is 22.7. The molecule has 1 fully saturated rings. The number of imide groups is 1. The number of aromatic hydroxyl groups is 2. The average Bonchev–Trinajstić information content (AvgIpc) is 3.62. The smallest absolute Gasteiger partial charge is 0.276 e. The first-order chi connectivity index (χ1) is 21.1. The number of aromatic nitrogens is 2. The van der Waals surface area contributed by atoms with Crippen LogP contribution in [0.15, 0.2) is 36.4 Å². The Kier molecular flexibility index (Phi) is 6.54. The standard InChI is InChI=1S/C29H28N4O11/c34-7-10(8-35)31-33-27(42)20-18-13-3-1-11(37)5-15(13)30-22(18)23-19(21(20)28(33)43)14-4-2-12(38)6-16(14)32(23)29-26(41)25(40)24(39)17(9-36)44-29/h1-6,10,17,24-26,29-31,34-41H,7-9H2/t17-,24-,25-,26-,29-/m1/s1. The minimum absolute atomic E-state index is 0.0162. The minimum atomic E-state index is -1.75. The summed E-state index contributed by atoms with van der Waals surface area (Å²) in [6, 6.07) is 7.55. The van der Waals surface area contributed by atoms with E-state index in [0.29, 0.717) is 21.3 Å². The normalized spacial score (nSPS) is 24.2. The van der Waals surface area contributed by atoms with E-state index in [-0.39, 0.29) is 49.9 Å². The van der Waals surface area contributed by atoms with Gasteiger partial charge in [0.05, 0.1) is 59.1 Å². The number of phenolic OH excluding ortho intramolecular Hbond substituents is 2. The van der Waals surface area contributed by atoms with Gasteiger partial charge in [0.2, 0.25) is 0 Å². The number of ether oxygens (including phenoxy) is 1. The summed E-state index contributed by atoms with van der Waals surface area (Å²) in [5, 5.41) is 84.2. The molecule has 230 valence electrons. The first-order valence-electron chi connectivity index (χ1n) is 13.7. The largest absolute Gasteiger partial charge is 0.508 e. The number of amides is 2. The number of carbonyl (C=O) groups is 2. The fraction of sp³-hybridized carbons (Fsp3) is 0.310. The highest BCUT2D eigenvalue weighted by molar-refractivity contribution is 6.39. The van der Waals surface area contributed by atoms with E-state index < -0.39 is 68.3 Å². The average molecular weight is 609 g/mol. The molecule has 0 aliphatic carbocycles. The Hall–Kier alpha value is -4.32. The van der Waals surface area contributed by atoms with E-state index in [2.05, 4.69) is 10.4 Å². The number of H-pyrrole nitrogens is 1. The van der Waals surface area contributed by atoms with Crippen LogP contribution in [0.2, 0.25) is 0 Å². The third kappa shape index (κ3) is 3.79. The number of hydrazine groups is 1. The van der Waals surface area contributed by atoms with E-state index in [1.54, 1.807) is 6.07 Å². The van der Waals surface area contributed by atoms with Crippen LogP contribution in [0.25, 0.3) is 43.6 Å². The molecule has 2 aliphatic rings. The van der Waals surface area contributed by atoms with Crippen LogP contribution in [0.4, 0.5) is 0 Å². The van der Waals surface area contributed by atoms with E-state index in [4.69, 9.17) is 4.74 Å². The number of benzene rings is 3. The van der Waals surface area contributed by atoms with Crippen molar-refractivity contribution in [2.24, 2.45) is 0 Å². The Labute approximate surface area is 246 Å². The molecule has 0 bridgehead atoms. The molecular weight excluding hydrogens is 580 g/mol. The third-order valence-electron chi connectivity index (χ3n) is 8.46. The number of aliphatic hydroxyl groups excluding tert-OH is 6. The van der Waals surface area contributed by atoms with E-state index >= 15 is 0 Å². The highest BCUT2D eigenvalue weighted by atomic mass is 16.6. The van der Waals surface area contributed by atoms with Crippen molar-refractivity contribution in [2.45, 2.75) is 36.7 Å². The predicted octanol–water partition coefficient (Wildman–Crippen LogP) is -0.734. The Morgan fingerprint density at radius 2 is 1.48 bits per heavy atom. The number of nitrogens with zero attached hydrogens (tertiary/aromatic N) is 2. The highest BCUT2D eigenvalue weighted by Gasteiger charge is 2.47. The Bertz CT molecular complexity index is 2000. The lowest BCUT2D eigenvalue weighted by Gasteiger charge is -2.41. The van der Waals surface area contributed by atoms with Crippen LogP contribution in [0.5, 0.6) is 11.5 Å². The maximum atomic E-state index is 14.1. The van der Waals surface area contributed by atoms with Gasteiger partial charge in [-0.15, -0.1) is 0 Å². The van der Waals surface area contributed by atoms with Gasteiger partial charge in [-0.1, -0.05) is 0 Å². The fourth-order valence-corrected chi connectivity index (χ4v) is 6.41. The number of carbonyl (C=O) groups excluding carboxylic acids is 2. The Morgan fingerprint density at radius 1 is 0.841 bits per heavy atom. The lowest BCUT2D eigenvalue weighted by Crippen LogP contribution is -2.56. The molecule has 0 unspecified atom stereocenters. The van der Waals surface area contributed by atoms with Crippen molar-refractivity contribution in [3.8, 4) is 11.5 Å². The predicted molar refractivity (Wildman–Crippen MR) is 153 cm³/mol. The number of rotatable bonds is 6. The number of hydrogen-bond acceptors (Lipinski definition) is 12. The molecule has 7 rings (SSSR count). The molecule has 2 aromatic heterocycles. The van der Waals surface area contributed by atoms with Crippen molar-refractivity contribution >= 4 is 55.4 Å². The molecule has 5 atom stereocenters. The van der Waals surface area contributed by atoms with Crippen molar-refractivity contribution in [3.05, 3.63) is 47.5 Å². The summed E-state index contributed by atoms with van der Waals surface area (Å²) >= 11 is 0. The molecule has 2 amide bonds. The van der Waals surface area contributed by atoms with Crippen molar-refractivity contribution < 1.29 is 55.2 Å². The molecule has 10 N–H and O–H groups in total. The molecule has 3 aromatic carbocycles.